The third-order valence-corrected chi connectivity index (χ3v) is 3.05. The first-order chi connectivity index (χ1) is 8.86. The van der Waals surface area contributed by atoms with Crippen molar-refractivity contribution in [1.82, 2.24) is 5.32 Å². The zero-order valence-corrected chi connectivity index (χ0v) is 11.9. The van der Waals surface area contributed by atoms with E-state index in [2.05, 4.69) is 43.4 Å². The first kappa shape index (κ1) is 15.2. The zero-order chi connectivity index (χ0) is 13.1. The molecule has 0 saturated carbocycles. The monoisotopic (exact) mass is 249 g/mol. The average molecular weight is 249 g/mol. The molecule has 2 heteroatoms. The van der Waals surface area contributed by atoms with Gasteiger partial charge in [-0.3, -0.25) is 0 Å². The topological polar surface area (TPSA) is 21.3 Å². The van der Waals surface area contributed by atoms with E-state index in [1.807, 2.05) is 0 Å². The molecule has 1 aromatic carbocycles. The smallest absolute Gasteiger partial charge is 0.0591 e. The van der Waals surface area contributed by atoms with E-state index in [1.54, 1.807) is 0 Å². The number of nitrogens with one attached hydrogen (secondary N) is 1. The van der Waals surface area contributed by atoms with Gasteiger partial charge >= 0.3 is 0 Å². The molecule has 0 aliphatic heterocycles. The van der Waals surface area contributed by atoms with Gasteiger partial charge in [0.1, 0.15) is 0 Å². The summed E-state index contributed by atoms with van der Waals surface area (Å²) in [4.78, 5) is 0. The molecule has 0 saturated heterocycles. The second-order valence-electron chi connectivity index (χ2n) is 4.64. The highest BCUT2D eigenvalue weighted by molar-refractivity contribution is 5.22. The van der Waals surface area contributed by atoms with Gasteiger partial charge in [-0.25, -0.2) is 0 Å². The Bertz CT molecular complexity index is 294. The maximum absolute atomic E-state index is 5.57. The van der Waals surface area contributed by atoms with E-state index in [0.717, 1.165) is 32.7 Å². The lowest BCUT2D eigenvalue weighted by atomic mass is 10.1. The summed E-state index contributed by atoms with van der Waals surface area (Å²) in [5, 5.41) is 3.25. The van der Waals surface area contributed by atoms with Crippen molar-refractivity contribution < 1.29 is 4.74 Å². The summed E-state index contributed by atoms with van der Waals surface area (Å²) in [5.41, 5.74) is 2.83. The van der Waals surface area contributed by atoms with Gasteiger partial charge in [-0.2, -0.15) is 0 Å². The van der Waals surface area contributed by atoms with Crippen LogP contribution in [0.25, 0.3) is 0 Å². The molecule has 0 atom stereocenters. The Morgan fingerprint density at radius 2 is 1.61 bits per heavy atom. The van der Waals surface area contributed by atoms with Crippen LogP contribution in [0.15, 0.2) is 24.3 Å². The molecule has 0 aliphatic rings. The maximum atomic E-state index is 5.57. The molecule has 0 unspecified atom stereocenters. The van der Waals surface area contributed by atoms with Gasteiger partial charge in [0.15, 0.2) is 0 Å². The van der Waals surface area contributed by atoms with E-state index in [0.29, 0.717) is 0 Å². The molecule has 0 fully saturated rings. The molecule has 0 bridgehead atoms. The summed E-state index contributed by atoms with van der Waals surface area (Å²) < 4.78 is 5.57. The van der Waals surface area contributed by atoms with Gasteiger partial charge < -0.3 is 10.1 Å². The number of unbranched alkanes of at least 4 members (excludes halogenated alkanes) is 1. The van der Waals surface area contributed by atoms with Crippen molar-refractivity contribution in [3.05, 3.63) is 35.4 Å². The first-order valence-corrected chi connectivity index (χ1v) is 7.23. The molecule has 102 valence electrons. The fourth-order valence-corrected chi connectivity index (χ4v) is 1.87. The van der Waals surface area contributed by atoms with Crippen molar-refractivity contribution in [2.24, 2.45) is 0 Å². The Hall–Kier alpha value is -0.860. The van der Waals surface area contributed by atoms with Crippen molar-refractivity contribution >= 4 is 0 Å². The SMILES string of the molecule is CCCCc1ccc(CCOCCNCC)cc1. The summed E-state index contributed by atoms with van der Waals surface area (Å²) >= 11 is 0. The van der Waals surface area contributed by atoms with Gasteiger partial charge in [0.2, 0.25) is 0 Å². The van der Waals surface area contributed by atoms with Crippen LogP contribution in [-0.2, 0) is 17.6 Å². The standard InChI is InChI=1S/C16H27NO/c1-3-5-6-15-7-9-16(10-8-15)11-13-18-14-12-17-4-2/h7-10,17H,3-6,11-14H2,1-2H3. The van der Waals surface area contributed by atoms with Gasteiger partial charge in [0.25, 0.3) is 0 Å². The molecule has 0 amide bonds. The van der Waals surface area contributed by atoms with Gasteiger partial charge in [0.05, 0.1) is 13.2 Å². The average Bonchev–Trinajstić information content (AvgIpc) is 2.42. The van der Waals surface area contributed by atoms with Crippen LogP contribution in [0.1, 0.15) is 37.8 Å². The molecule has 1 rings (SSSR count). The van der Waals surface area contributed by atoms with Crippen LogP contribution in [0.5, 0.6) is 0 Å². The van der Waals surface area contributed by atoms with Gasteiger partial charge in [-0.1, -0.05) is 44.5 Å². The van der Waals surface area contributed by atoms with Crippen LogP contribution in [0.4, 0.5) is 0 Å². The number of likely N-dealkylation sites (N-methyl/N-ethyl adjacent to an activating group) is 1. The highest BCUT2D eigenvalue weighted by atomic mass is 16.5. The van der Waals surface area contributed by atoms with E-state index in [1.165, 1.54) is 30.4 Å². The third-order valence-electron chi connectivity index (χ3n) is 3.05. The summed E-state index contributed by atoms with van der Waals surface area (Å²) in [6.07, 6.45) is 4.77. The highest BCUT2D eigenvalue weighted by Gasteiger charge is 1.95. The maximum Gasteiger partial charge on any atom is 0.0591 e. The predicted molar refractivity (Wildman–Crippen MR) is 78.1 cm³/mol. The van der Waals surface area contributed by atoms with Crippen LogP contribution >= 0.6 is 0 Å². The van der Waals surface area contributed by atoms with Crippen molar-refractivity contribution in [2.75, 3.05) is 26.3 Å². The molecule has 0 aliphatic carbocycles. The third kappa shape index (κ3) is 6.77. The molecule has 0 aromatic heterocycles. The summed E-state index contributed by atoms with van der Waals surface area (Å²) in [6, 6.07) is 8.98. The van der Waals surface area contributed by atoms with Crippen LogP contribution in [0.3, 0.4) is 0 Å². The van der Waals surface area contributed by atoms with E-state index in [4.69, 9.17) is 4.74 Å². The second kappa shape index (κ2) is 10.1. The number of hydrogen-bond acceptors (Lipinski definition) is 2. The Morgan fingerprint density at radius 1 is 0.944 bits per heavy atom. The molecule has 0 radical (unpaired) electrons. The van der Waals surface area contributed by atoms with Gasteiger partial charge in [0, 0.05) is 6.54 Å². The van der Waals surface area contributed by atoms with Crippen molar-refractivity contribution in [3.8, 4) is 0 Å². The summed E-state index contributed by atoms with van der Waals surface area (Å²) in [7, 11) is 0. The minimum absolute atomic E-state index is 0.808. The zero-order valence-electron chi connectivity index (χ0n) is 11.9. The van der Waals surface area contributed by atoms with Crippen LogP contribution < -0.4 is 5.32 Å². The molecule has 2 nitrogen and oxygen atoms in total. The number of ether oxygens (including phenoxy) is 1. The fourth-order valence-electron chi connectivity index (χ4n) is 1.87. The van der Waals surface area contributed by atoms with E-state index in [9.17, 15) is 0 Å². The Morgan fingerprint density at radius 3 is 2.22 bits per heavy atom. The first-order valence-electron chi connectivity index (χ1n) is 7.23. The van der Waals surface area contributed by atoms with Crippen LogP contribution in [0, 0.1) is 0 Å². The normalized spacial score (nSPS) is 10.8. The molecule has 1 N–H and O–H groups in total. The Balaban J connectivity index is 2.14. The van der Waals surface area contributed by atoms with E-state index >= 15 is 0 Å². The number of benzene rings is 1. The Kier molecular flexibility index (Phi) is 8.53. The number of aryl methyl sites for hydroxylation is 1. The predicted octanol–water partition coefficient (Wildman–Crippen LogP) is 3.20. The van der Waals surface area contributed by atoms with E-state index in [-0.39, 0.29) is 0 Å². The molecule has 1 aromatic rings. The second-order valence-corrected chi connectivity index (χ2v) is 4.64. The van der Waals surface area contributed by atoms with Gasteiger partial charge in [-0.15, -0.1) is 0 Å². The van der Waals surface area contributed by atoms with Crippen molar-refractivity contribution in [1.29, 1.82) is 0 Å². The van der Waals surface area contributed by atoms with Gasteiger partial charge in [-0.05, 0) is 36.9 Å². The lowest BCUT2D eigenvalue weighted by Gasteiger charge is -2.06. The highest BCUT2D eigenvalue weighted by Crippen LogP contribution is 2.08. The molecular formula is C16H27NO. The van der Waals surface area contributed by atoms with Crippen LogP contribution in [-0.4, -0.2) is 26.3 Å². The lowest BCUT2D eigenvalue weighted by molar-refractivity contribution is 0.139. The minimum atomic E-state index is 0.808. The van der Waals surface area contributed by atoms with E-state index < -0.39 is 0 Å². The molecule has 0 heterocycles. The summed E-state index contributed by atoms with van der Waals surface area (Å²) in [6.45, 7) is 7.94. The number of hydrogen-bond donors (Lipinski definition) is 1. The quantitative estimate of drug-likeness (QED) is 0.643. The molecule has 0 spiro atoms. The Labute approximate surface area is 112 Å². The molecule has 18 heavy (non-hydrogen) atoms. The lowest BCUT2D eigenvalue weighted by Crippen LogP contribution is -2.19. The summed E-state index contributed by atoms with van der Waals surface area (Å²) in [5.74, 6) is 0. The van der Waals surface area contributed by atoms with Crippen molar-refractivity contribution in [2.45, 2.75) is 39.5 Å². The largest absolute Gasteiger partial charge is 0.380 e. The van der Waals surface area contributed by atoms with Crippen LogP contribution in [0.2, 0.25) is 0 Å². The minimum Gasteiger partial charge on any atom is -0.380 e. The number of rotatable bonds is 10. The molecular weight excluding hydrogens is 222 g/mol. The van der Waals surface area contributed by atoms with Crippen molar-refractivity contribution in [3.63, 3.8) is 0 Å². The fraction of sp³-hybridized carbons (Fsp3) is 0.625.